The van der Waals surface area contributed by atoms with Crippen molar-refractivity contribution in [3.63, 3.8) is 0 Å². The predicted octanol–water partition coefficient (Wildman–Crippen LogP) is 3.59. The van der Waals surface area contributed by atoms with E-state index in [9.17, 15) is 29.8 Å². The van der Waals surface area contributed by atoms with E-state index in [0.717, 1.165) is 0 Å². The Labute approximate surface area is 137 Å². The Morgan fingerprint density at radius 2 is 1.08 bits per heavy atom. The van der Waals surface area contributed by atoms with Gasteiger partial charge in [-0.3, -0.25) is 29.8 Å². The highest BCUT2D eigenvalue weighted by Gasteiger charge is 2.08. The van der Waals surface area contributed by atoms with Crippen LogP contribution < -0.4 is 0 Å². The molecule has 0 unspecified atom stereocenters. The van der Waals surface area contributed by atoms with Crippen molar-refractivity contribution in [3.8, 4) is 0 Å². The van der Waals surface area contributed by atoms with Crippen molar-refractivity contribution in [2.24, 2.45) is 0 Å². The van der Waals surface area contributed by atoms with Crippen LogP contribution >= 0.6 is 0 Å². The lowest BCUT2D eigenvalue weighted by Crippen LogP contribution is -1.94. The van der Waals surface area contributed by atoms with E-state index in [-0.39, 0.29) is 22.9 Å². The third kappa shape index (κ3) is 5.41. The molecule has 0 spiro atoms. The molecule has 8 nitrogen and oxygen atoms in total. The summed E-state index contributed by atoms with van der Waals surface area (Å²) in [5.74, 6) is -0.336. The quantitative estimate of drug-likeness (QED) is 0.480. The van der Waals surface area contributed by atoms with Crippen LogP contribution in [0.5, 0.6) is 0 Å². The number of hydrogen-bond acceptors (Lipinski definition) is 6. The van der Waals surface area contributed by atoms with Crippen LogP contribution in [0.4, 0.5) is 11.4 Å². The molecule has 0 amide bonds. The van der Waals surface area contributed by atoms with E-state index in [1.807, 2.05) is 0 Å². The molecular formula is C16H14N2O6. The first-order valence-corrected chi connectivity index (χ1v) is 6.73. The summed E-state index contributed by atoms with van der Waals surface area (Å²) in [6, 6.07) is 11.3. The number of Topliss-reactive ketones (excluding diaryl/α,β-unsaturated/α-hetero) is 2. The predicted molar refractivity (Wildman–Crippen MR) is 86.2 cm³/mol. The molecular weight excluding hydrogens is 316 g/mol. The van der Waals surface area contributed by atoms with Crippen LogP contribution in [0.3, 0.4) is 0 Å². The number of benzene rings is 2. The van der Waals surface area contributed by atoms with Crippen LogP contribution in [0.25, 0.3) is 0 Å². The Kier molecular flexibility index (Phi) is 6.42. The van der Waals surface area contributed by atoms with Gasteiger partial charge in [0, 0.05) is 35.4 Å². The highest BCUT2D eigenvalue weighted by atomic mass is 16.6. The zero-order valence-corrected chi connectivity index (χ0v) is 13.0. The van der Waals surface area contributed by atoms with Crippen molar-refractivity contribution >= 4 is 22.9 Å². The normalized spacial score (nSPS) is 9.42. The molecule has 8 heteroatoms. The van der Waals surface area contributed by atoms with Gasteiger partial charge in [-0.25, -0.2) is 0 Å². The lowest BCUT2D eigenvalue weighted by Gasteiger charge is -1.93. The number of ketones is 2. The van der Waals surface area contributed by atoms with Crippen molar-refractivity contribution in [2.75, 3.05) is 0 Å². The maximum atomic E-state index is 10.8. The molecule has 0 aliphatic heterocycles. The lowest BCUT2D eigenvalue weighted by atomic mass is 10.1. The van der Waals surface area contributed by atoms with Crippen molar-refractivity contribution in [1.29, 1.82) is 0 Å². The summed E-state index contributed by atoms with van der Waals surface area (Å²) in [6.45, 7) is 2.75. The van der Waals surface area contributed by atoms with Gasteiger partial charge in [-0.2, -0.15) is 0 Å². The van der Waals surface area contributed by atoms with Crippen LogP contribution in [-0.4, -0.2) is 21.4 Å². The molecule has 2 aromatic carbocycles. The Hall–Kier alpha value is -3.42. The minimum Gasteiger partial charge on any atom is -0.295 e. The summed E-state index contributed by atoms with van der Waals surface area (Å²) in [5, 5.41) is 20.5. The average molecular weight is 330 g/mol. The molecule has 0 saturated carbocycles. The average Bonchev–Trinajstić information content (AvgIpc) is 2.55. The summed E-state index contributed by atoms with van der Waals surface area (Å²) < 4.78 is 0. The first-order chi connectivity index (χ1) is 11.2. The van der Waals surface area contributed by atoms with Gasteiger partial charge in [0.15, 0.2) is 11.6 Å². The van der Waals surface area contributed by atoms with Gasteiger partial charge in [-0.1, -0.05) is 24.3 Å². The van der Waals surface area contributed by atoms with Gasteiger partial charge in [-0.15, -0.1) is 0 Å². The second kappa shape index (κ2) is 8.28. The minimum atomic E-state index is -0.521. The fraction of sp³-hybridized carbons (Fsp3) is 0.125. The van der Waals surface area contributed by atoms with E-state index >= 15 is 0 Å². The number of hydrogen-bond donors (Lipinski definition) is 0. The van der Waals surface area contributed by atoms with Crippen LogP contribution in [0.1, 0.15) is 34.6 Å². The van der Waals surface area contributed by atoms with Crippen molar-refractivity contribution in [1.82, 2.24) is 0 Å². The van der Waals surface area contributed by atoms with E-state index in [1.54, 1.807) is 12.1 Å². The second-order valence-electron chi connectivity index (χ2n) is 4.73. The SMILES string of the molecule is CC(=O)c1cccc([N+](=O)[O-])c1.CC(=O)c1cccc([N+](=O)[O-])c1. The van der Waals surface area contributed by atoms with E-state index in [4.69, 9.17) is 0 Å². The fourth-order valence-corrected chi connectivity index (χ4v) is 1.68. The number of carbonyl (C=O) groups excluding carboxylic acids is 2. The van der Waals surface area contributed by atoms with E-state index in [1.165, 1.54) is 50.2 Å². The summed E-state index contributed by atoms with van der Waals surface area (Å²) in [4.78, 5) is 41.1. The lowest BCUT2D eigenvalue weighted by molar-refractivity contribution is -0.385. The van der Waals surface area contributed by atoms with Crippen molar-refractivity contribution in [3.05, 3.63) is 79.9 Å². The Morgan fingerprint density at radius 1 is 0.750 bits per heavy atom. The first-order valence-electron chi connectivity index (χ1n) is 6.73. The topological polar surface area (TPSA) is 120 Å². The molecule has 0 fully saturated rings. The van der Waals surface area contributed by atoms with Crippen LogP contribution in [-0.2, 0) is 0 Å². The third-order valence-electron chi connectivity index (χ3n) is 2.93. The van der Waals surface area contributed by atoms with Gasteiger partial charge in [0.1, 0.15) is 0 Å². The zero-order valence-electron chi connectivity index (χ0n) is 13.0. The second-order valence-corrected chi connectivity index (χ2v) is 4.73. The highest BCUT2D eigenvalue weighted by Crippen LogP contribution is 2.13. The Balaban J connectivity index is 0.000000240. The van der Waals surface area contributed by atoms with Crippen LogP contribution in [0, 0.1) is 20.2 Å². The molecule has 0 atom stereocenters. The molecule has 0 aromatic heterocycles. The molecule has 0 aliphatic rings. The summed E-state index contributed by atoms with van der Waals surface area (Å²) in [5.41, 5.74) is 0.624. The zero-order chi connectivity index (χ0) is 18.3. The number of carbonyl (C=O) groups is 2. The number of rotatable bonds is 4. The molecule has 124 valence electrons. The molecule has 2 rings (SSSR count). The summed E-state index contributed by atoms with van der Waals surface area (Å²) in [6.07, 6.45) is 0. The van der Waals surface area contributed by atoms with E-state index in [2.05, 4.69) is 0 Å². The largest absolute Gasteiger partial charge is 0.295 e. The fourth-order valence-electron chi connectivity index (χ4n) is 1.68. The minimum absolute atomic E-state index is 0.0531. The third-order valence-corrected chi connectivity index (χ3v) is 2.93. The smallest absolute Gasteiger partial charge is 0.270 e. The number of non-ortho nitro benzene ring substituents is 2. The maximum absolute atomic E-state index is 10.8. The van der Waals surface area contributed by atoms with Crippen LogP contribution in [0.15, 0.2) is 48.5 Å². The summed E-state index contributed by atoms with van der Waals surface area (Å²) in [7, 11) is 0. The number of nitro groups is 2. The van der Waals surface area contributed by atoms with Gasteiger partial charge in [0.2, 0.25) is 0 Å². The molecule has 0 radical (unpaired) electrons. The van der Waals surface area contributed by atoms with Crippen molar-refractivity contribution in [2.45, 2.75) is 13.8 Å². The molecule has 0 saturated heterocycles. The Bertz CT molecular complexity index is 675. The standard InChI is InChI=1S/2C8H7NO3/c2*1-6(10)7-3-2-4-8(5-7)9(11)12/h2*2-5H,1H3. The van der Waals surface area contributed by atoms with Crippen LogP contribution in [0.2, 0.25) is 0 Å². The number of nitro benzene ring substituents is 2. The molecule has 0 N–H and O–H groups in total. The first kappa shape index (κ1) is 18.6. The number of nitrogens with zero attached hydrogens (tertiary/aromatic N) is 2. The molecule has 0 bridgehead atoms. The van der Waals surface area contributed by atoms with Gasteiger partial charge < -0.3 is 0 Å². The molecule has 0 heterocycles. The van der Waals surface area contributed by atoms with Gasteiger partial charge in [0.25, 0.3) is 11.4 Å². The molecule has 24 heavy (non-hydrogen) atoms. The van der Waals surface area contributed by atoms with Gasteiger partial charge >= 0.3 is 0 Å². The Morgan fingerprint density at radius 3 is 1.33 bits per heavy atom. The maximum Gasteiger partial charge on any atom is 0.270 e. The molecule has 0 aliphatic carbocycles. The van der Waals surface area contributed by atoms with Crippen molar-refractivity contribution < 1.29 is 19.4 Å². The highest BCUT2D eigenvalue weighted by molar-refractivity contribution is 5.95. The molecule has 2 aromatic rings. The monoisotopic (exact) mass is 330 g/mol. The van der Waals surface area contributed by atoms with Gasteiger partial charge in [-0.05, 0) is 13.8 Å². The van der Waals surface area contributed by atoms with E-state index < -0.39 is 9.85 Å². The van der Waals surface area contributed by atoms with Gasteiger partial charge in [0.05, 0.1) is 9.85 Å². The summed E-state index contributed by atoms with van der Waals surface area (Å²) >= 11 is 0. The van der Waals surface area contributed by atoms with E-state index in [0.29, 0.717) is 11.1 Å².